The number of amides is 3. The van der Waals surface area contributed by atoms with Gasteiger partial charge in [0.1, 0.15) is 14.7 Å². The standard InChI is InChI=1S/C39H27N3O21S6/c43-37(40-25-1-4-31-19(10-25)13-28(64-63-62-46)16-34(31)67(53,54)55)22-7-23(38(44)41-26-2-5-32-20(11-26)14-29(65(47,48)49)17-35(32)68(56,57)58)9-24(8-22)39(45)42-27-3-6-33-21(12-27)15-30(66(50,51)52)18-36(33)69(59,60)61/h1-18,46H,(H,40,43)(H,41,44)(H,42,45)(H,47,48,49)(H,50,51,52)(H,53,54,55)(H,56,57,58)(H,59,60,61). The van der Waals surface area contributed by atoms with E-state index >= 15 is 0 Å². The molecule has 0 fully saturated rings. The van der Waals surface area contributed by atoms with E-state index in [0.717, 1.165) is 72.8 Å². The Morgan fingerprint density at radius 1 is 0.406 bits per heavy atom. The van der Waals surface area contributed by atoms with E-state index in [9.17, 15) is 79.2 Å². The Labute approximate surface area is 392 Å². The summed E-state index contributed by atoms with van der Waals surface area (Å²) < 4.78 is 174. The molecule has 0 bridgehead atoms. The predicted molar refractivity (Wildman–Crippen MR) is 242 cm³/mol. The number of fused-ring (bicyclic) bond motifs is 3. The summed E-state index contributed by atoms with van der Waals surface area (Å²) in [6.07, 6.45) is 0. The molecule has 0 aliphatic carbocycles. The van der Waals surface area contributed by atoms with Crippen molar-refractivity contribution in [1.82, 2.24) is 0 Å². The first-order valence-electron chi connectivity index (χ1n) is 18.3. The molecule has 0 aliphatic rings. The van der Waals surface area contributed by atoms with Crippen molar-refractivity contribution >= 4 is 130 Å². The molecule has 30 heteroatoms. The van der Waals surface area contributed by atoms with Gasteiger partial charge in [0.25, 0.3) is 68.3 Å². The molecule has 7 aromatic carbocycles. The number of rotatable bonds is 14. The first kappa shape index (κ1) is 50.4. The SMILES string of the molecule is O=C(Nc1ccc2c(S(=O)(=O)O)cc(SOOO)cc2c1)c1cc(C(=O)Nc2ccc3c(S(=O)(=O)O)cc(S(=O)(=O)O)cc3c2)cc(C(=O)Nc2ccc3c(S(=O)(=O)O)cc(S(=O)(=O)O)cc3c2)c1. The summed E-state index contributed by atoms with van der Waals surface area (Å²) in [4.78, 5) is 37.5. The Morgan fingerprint density at radius 3 is 1.03 bits per heavy atom. The van der Waals surface area contributed by atoms with Crippen LogP contribution in [-0.2, 0) is 60.0 Å². The quantitative estimate of drug-likeness (QED) is 0.0278. The van der Waals surface area contributed by atoms with Crippen molar-refractivity contribution in [3.05, 3.63) is 126 Å². The Balaban J connectivity index is 1.29. The molecule has 7 rings (SSSR count). The average Bonchev–Trinajstić information content (AvgIpc) is 3.25. The highest BCUT2D eigenvalue weighted by Gasteiger charge is 2.24. The maximum absolute atomic E-state index is 13.9. The van der Waals surface area contributed by atoms with E-state index in [1.54, 1.807) is 0 Å². The van der Waals surface area contributed by atoms with E-state index in [1.165, 1.54) is 24.3 Å². The summed E-state index contributed by atoms with van der Waals surface area (Å²) in [6, 6.07) is 18.4. The molecule has 0 saturated carbocycles. The van der Waals surface area contributed by atoms with Crippen LogP contribution in [0, 0.1) is 0 Å². The van der Waals surface area contributed by atoms with Gasteiger partial charge in [0, 0.05) is 54.8 Å². The zero-order valence-electron chi connectivity index (χ0n) is 33.6. The number of benzene rings is 7. The van der Waals surface area contributed by atoms with E-state index < -0.39 is 109 Å². The summed E-state index contributed by atoms with van der Waals surface area (Å²) in [6.45, 7) is 0. The number of carbonyl (C=O) groups is 3. The van der Waals surface area contributed by atoms with Crippen molar-refractivity contribution in [3.8, 4) is 0 Å². The Morgan fingerprint density at radius 2 is 0.725 bits per heavy atom. The van der Waals surface area contributed by atoms with Crippen LogP contribution in [-0.4, -0.2) is 87.8 Å². The molecule has 0 aliphatic heterocycles. The van der Waals surface area contributed by atoms with E-state index in [0.29, 0.717) is 24.2 Å². The highest BCUT2D eigenvalue weighted by molar-refractivity contribution is 7.94. The van der Waals surface area contributed by atoms with E-state index in [-0.39, 0.29) is 54.3 Å². The Kier molecular flexibility index (Phi) is 13.5. The van der Waals surface area contributed by atoms with Gasteiger partial charge in [-0.15, -0.1) is 4.33 Å². The molecule has 69 heavy (non-hydrogen) atoms. The summed E-state index contributed by atoms with van der Waals surface area (Å²) >= 11 is 0.351. The maximum atomic E-state index is 13.9. The fourth-order valence-corrected chi connectivity index (χ4v) is 10.8. The van der Waals surface area contributed by atoms with Gasteiger partial charge in [0.2, 0.25) is 0 Å². The normalized spacial score (nSPS) is 12.6. The molecule has 9 N–H and O–H groups in total. The third kappa shape index (κ3) is 11.4. The topological polar surface area (TPSA) is 398 Å². The van der Waals surface area contributed by atoms with Crippen LogP contribution in [0.3, 0.4) is 0 Å². The van der Waals surface area contributed by atoms with Crippen molar-refractivity contribution in [2.24, 2.45) is 0 Å². The van der Waals surface area contributed by atoms with Gasteiger partial charge in [-0.3, -0.25) is 37.1 Å². The lowest BCUT2D eigenvalue weighted by Crippen LogP contribution is -2.19. The second-order valence-corrected chi connectivity index (χ2v) is 22.1. The maximum Gasteiger partial charge on any atom is 0.295 e. The number of carbonyl (C=O) groups excluding carboxylic acids is 3. The van der Waals surface area contributed by atoms with Gasteiger partial charge < -0.3 is 16.0 Å². The molecule has 360 valence electrons. The molecule has 0 spiro atoms. The van der Waals surface area contributed by atoms with Crippen LogP contribution < -0.4 is 16.0 Å². The van der Waals surface area contributed by atoms with Crippen molar-refractivity contribution in [1.29, 1.82) is 0 Å². The molecule has 0 atom stereocenters. The van der Waals surface area contributed by atoms with E-state index in [1.807, 2.05) is 0 Å². The molecule has 0 heterocycles. The van der Waals surface area contributed by atoms with Gasteiger partial charge in [-0.2, -0.15) is 42.1 Å². The lowest BCUT2D eigenvalue weighted by Gasteiger charge is -2.14. The van der Waals surface area contributed by atoms with Gasteiger partial charge in [-0.25, -0.2) is 5.26 Å². The lowest BCUT2D eigenvalue weighted by molar-refractivity contribution is -0.432. The minimum Gasteiger partial charge on any atom is -0.322 e. The largest absolute Gasteiger partial charge is 0.322 e. The van der Waals surface area contributed by atoms with Crippen LogP contribution in [0.2, 0.25) is 0 Å². The van der Waals surface area contributed by atoms with Crippen molar-refractivity contribution < 1.29 is 93.9 Å². The van der Waals surface area contributed by atoms with Crippen LogP contribution in [0.4, 0.5) is 17.1 Å². The molecule has 3 amide bonds. The van der Waals surface area contributed by atoms with Crippen LogP contribution in [0.5, 0.6) is 0 Å². The van der Waals surface area contributed by atoms with Crippen LogP contribution in [0.25, 0.3) is 32.3 Å². The first-order chi connectivity index (χ1) is 32.0. The molecule has 0 saturated heterocycles. The third-order valence-electron chi connectivity index (χ3n) is 9.75. The van der Waals surface area contributed by atoms with E-state index in [2.05, 4.69) is 25.3 Å². The molecule has 0 aromatic heterocycles. The van der Waals surface area contributed by atoms with Crippen LogP contribution >= 0.6 is 12.0 Å². The number of hydrogen-bond donors (Lipinski definition) is 9. The fourth-order valence-electron chi connectivity index (χ4n) is 6.83. The smallest absolute Gasteiger partial charge is 0.295 e. The summed E-state index contributed by atoms with van der Waals surface area (Å²) in [7, 11) is -25.1. The second-order valence-electron chi connectivity index (χ2n) is 14.3. The van der Waals surface area contributed by atoms with Crippen molar-refractivity contribution in [2.45, 2.75) is 29.4 Å². The third-order valence-corrected chi connectivity index (χ3v) is 14.6. The molecule has 7 aromatic rings. The number of hydrogen-bond acceptors (Lipinski definition) is 17. The molecule has 24 nitrogen and oxygen atoms in total. The molecule has 0 radical (unpaired) electrons. The lowest BCUT2D eigenvalue weighted by atomic mass is 10.0. The van der Waals surface area contributed by atoms with Gasteiger partial charge in [0.15, 0.2) is 0 Å². The highest BCUT2D eigenvalue weighted by atomic mass is 32.2. The summed E-state index contributed by atoms with van der Waals surface area (Å²) in [5, 5.41) is 18.7. The zero-order valence-corrected chi connectivity index (χ0v) is 38.5. The molecule has 0 unspecified atom stereocenters. The van der Waals surface area contributed by atoms with Gasteiger partial charge in [-0.1, -0.05) is 23.2 Å². The minimum absolute atomic E-state index is 0.00433. The average molecular weight is 1070 g/mol. The molecular formula is C39H27N3O21S6. The minimum atomic E-state index is -5.07. The Bertz CT molecular complexity index is 3780. The van der Waals surface area contributed by atoms with Gasteiger partial charge >= 0.3 is 0 Å². The first-order valence-corrected chi connectivity index (χ1v) is 26.3. The van der Waals surface area contributed by atoms with Gasteiger partial charge in [-0.05, 0) is 107 Å². The van der Waals surface area contributed by atoms with Crippen LogP contribution in [0.15, 0.2) is 139 Å². The number of anilines is 3. The zero-order chi connectivity index (χ0) is 50.6. The molecular weight excluding hydrogens is 1040 g/mol. The summed E-state index contributed by atoms with van der Waals surface area (Å²) in [5.41, 5.74) is -1.56. The fraction of sp³-hybridized carbons (Fsp3) is 0. The number of nitrogens with one attached hydrogen (secondary N) is 3. The summed E-state index contributed by atoms with van der Waals surface area (Å²) in [5.74, 6) is -3.11. The highest BCUT2D eigenvalue weighted by Crippen LogP contribution is 2.34. The van der Waals surface area contributed by atoms with Crippen LogP contribution in [0.1, 0.15) is 31.1 Å². The predicted octanol–water partition coefficient (Wildman–Crippen LogP) is 5.56. The van der Waals surface area contributed by atoms with Crippen molar-refractivity contribution in [2.75, 3.05) is 16.0 Å². The Hall–Kier alpha value is -6.49. The second kappa shape index (κ2) is 18.4. The monoisotopic (exact) mass is 1060 g/mol. The van der Waals surface area contributed by atoms with E-state index in [4.69, 9.17) is 5.26 Å². The van der Waals surface area contributed by atoms with Gasteiger partial charge in [0.05, 0.1) is 21.8 Å². The van der Waals surface area contributed by atoms with Crippen molar-refractivity contribution in [3.63, 3.8) is 0 Å².